The smallest absolute Gasteiger partial charge is 0.316 e. The van der Waals surface area contributed by atoms with Crippen molar-refractivity contribution in [3.05, 3.63) is 0 Å². The fraction of sp³-hybridized carbons (Fsp3) is 0.929. The highest BCUT2D eigenvalue weighted by molar-refractivity contribution is 8.01. The van der Waals surface area contributed by atoms with E-state index >= 15 is 0 Å². The van der Waals surface area contributed by atoms with Crippen LogP contribution in [0.25, 0.3) is 0 Å². The van der Waals surface area contributed by atoms with Gasteiger partial charge in [0.2, 0.25) is 0 Å². The van der Waals surface area contributed by atoms with Crippen LogP contribution in [-0.4, -0.2) is 21.1 Å². The quantitative estimate of drug-likeness (QED) is 0.609. The molecule has 102 valence electrons. The van der Waals surface area contributed by atoms with Crippen molar-refractivity contribution in [2.45, 2.75) is 82.6 Å². The second kappa shape index (κ2) is 8.84. The number of carboxylic acid groups (broad SMARTS) is 1. The van der Waals surface area contributed by atoms with E-state index in [0.717, 1.165) is 12.8 Å². The third kappa shape index (κ3) is 10.7. The van der Waals surface area contributed by atoms with E-state index in [-0.39, 0.29) is 10.00 Å². The van der Waals surface area contributed by atoms with E-state index in [1.807, 2.05) is 0 Å². The van der Waals surface area contributed by atoms with Gasteiger partial charge in [-0.05, 0) is 6.42 Å². The maximum absolute atomic E-state index is 11.1. The van der Waals surface area contributed by atoms with Gasteiger partial charge in [0, 0.05) is 4.75 Å². The average molecular weight is 260 g/mol. The van der Waals surface area contributed by atoms with Crippen LogP contribution in [0.3, 0.4) is 0 Å². The maximum Gasteiger partial charge on any atom is 0.316 e. The minimum absolute atomic E-state index is 0.0330. The van der Waals surface area contributed by atoms with Gasteiger partial charge in [0.15, 0.2) is 0 Å². The second-order valence-corrected chi connectivity index (χ2v) is 7.64. The van der Waals surface area contributed by atoms with Gasteiger partial charge in [0.1, 0.15) is 5.25 Å². The van der Waals surface area contributed by atoms with Crippen molar-refractivity contribution < 1.29 is 9.90 Å². The van der Waals surface area contributed by atoms with Gasteiger partial charge in [0.05, 0.1) is 0 Å². The lowest BCUT2D eigenvalue weighted by atomic mass is 10.1. The van der Waals surface area contributed by atoms with E-state index in [0.29, 0.717) is 0 Å². The zero-order chi connectivity index (χ0) is 13.3. The highest BCUT2D eigenvalue weighted by Crippen LogP contribution is 2.31. The lowest BCUT2D eigenvalue weighted by molar-refractivity contribution is -0.136. The number of carboxylic acids is 1. The van der Waals surface area contributed by atoms with Crippen molar-refractivity contribution in [3.8, 4) is 0 Å². The van der Waals surface area contributed by atoms with E-state index in [1.165, 1.54) is 32.1 Å². The van der Waals surface area contributed by atoms with Crippen LogP contribution in [0.4, 0.5) is 0 Å². The molecule has 0 saturated heterocycles. The maximum atomic E-state index is 11.1. The van der Waals surface area contributed by atoms with Crippen LogP contribution in [-0.2, 0) is 4.79 Å². The van der Waals surface area contributed by atoms with Crippen molar-refractivity contribution in [1.82, 2.24) is 0 Å². The predicted octanol–water partition coefficient (Wildman–Crippen LogP) is 4.72. The van der Waals surface area contributed by atoms with E-state index < -0.39 is 5.97 Å². The van der Waals surface area contributed by atoms with Gasteiger partial charge in [-0.2, -0.15) is 0 Å². The molecule has 0 saturated carbocycles. The average Bonchev–Trinajstić information content (AvgIpc) is 2.19. The molecule has 0 aromatic rings. The first-order valence-corrected chi connectivity index (χ1v) is 7.65. The Labute approximate surface area is 111 Å². The first kappa shape index (κ1) is 16.8. The van der Waals surface area contributed by atoms with E-state index in [1.54, 1.807) is 11.8 Å². The third-order valence-electron chi connectivity index (χ3n) is 2.59. The Balaban J connectivity index is 3.75. The first-order chi connectivity index (χ1) is 7.87. The van der Waals surface area contributed by atoms with Gasteiger partial charge in [0.25, 0.3) is 0 Å². The number of aliphatic carboxylic acids is 1. The molecule has 17 heavy (non-hydrogen) atoms. The summed E-state index contributed by atoms with van der Waals surface area (Å²) in [6.45, 7) is 8.44. The Bertz CT molecular complexity index is 209. The molecule has 0 spiro atoms. The summed E-state index contributed by atoms with van der Waals surface area (Å²) in [4.78, 5) is 11.1. The summed E-state index contributed by atoms with van der Waals surface area (Å²) in [5, 5.41) is 8.92. The molecule has 0 aromatic heterocycles. The van der Waals surface area contributed by atoms with E-state index in [2.05, 4.69) is 27.7 Å². The Morgan fingerprint density at radius 3 is 2.12 bits per heavy atom. The molecular formula is C14H28O2S. The van der Waals surface area contributed by atoms with Crippen LogP contribution >= 0.6 is 11.8 Å². The largest absolute Gasteiger partial charge is 0.480 e. The monoisotopic (exact) mass is 260 g/mol. The van der Waals surface area contributed by atoms with Gasteiger partial charge < -0.3 is 5.11 Å². The summed E-state index contributed by atoms with van der Waals surface area (Å²) in [5.74, 6) is -0.654. The molecule has 3 heteroatoms. The summed E-state index contributed by atoms with van der Waals surface area (Å²) >= 11 is 1.58. The minimum Gasteiger partial charge on any atom is -0.480 e. The normalized spacial score (nSPS) is 13.6. The number of carbonyl (C=O) groups is 1. The number of unbranched alkanes of at least 4 members (excludes halogenated alkanes) is 5. The Kier molecular flexibility index (Phi) is 8.75. The van der Waals surface area contributed by atoms with Gasteiger partial charge >= 0.3 is 5.97 Å². The molecule has 1 unspecified atom stereocenters. The zero-order valence-electron chi connectivity index (χ0n) is 11.8. The lowest BCUT2D eigenvalue weighted by Crippen LogP contribution is -2.23. The lowest BCUT2D eigenvalue weighted by Gasteiger charge is -2.22. The molecule has 0 bridgehead atoms. The Morgan fingerprint density at radius 1 is 1.12 bits per heavy atom. The van der Waals surface area contributed by atoms with E-state index in [9.17, 15) is 4.79 Å². The molecule has 0 fully saturated rings. The summed E-state index contributed by atoms with van der Waals surface area (Å²) in [6, 6.07) is 0. The molecule has 1 atom stereocenters. The number of rotatable bonds is 9. The van der Waals surface area contributed by atoms with Crippen molar-refractivity contribution >= 4 is 17.7 Å². The predicted molar refractivity (Wildman–Crippen MR) is 76.8 cm³/mol. The van der Waals surface area contributed by atoms with Crippen molar-refractivity contribution in [2.24, 2.45) is 0 Å². The molecule has 0 aliphatic heterocycles. The summed E-state index contributed by atoms with van der Waals surface area (Å²) in [7, 11) is 0. The van der Waals surface area contributed by atoms with Crippen LogP contribution < -0.4 is 0 Å². The summed E-state index contributed by atoms with van der Waals surface area (Å²) < 4.78 is 0.0330. The van der Waals surface area contributed by atoms with Crippen molar-refractivity contribution in [3.63, 3.8) is 0 Å². The molecular weight excluding hydrogens is 232 g/mol. The van der Waals surface area contributed by atoms with Crippen LogP contribution in [0.15, 0.2) is 0 Å². The molecule has 0 aliphatic rings. The highest BCUT2D eigenvalue weighted by Gasteiger charge is 2.24. The molecule has 2 nitrogen and oxygen atoms in total. The number of hydrogen-bond donors (Lipinski definition) is 1. The molecule has 0 aromatic carbocycles. The third-order valence-corrected chi connectivity index (χ3v) is 4.02. The molecule has 0 aliphatic carbocycles. The van der Waals surface area contributed by atoms with Crippen LogP contribution in [0.5, 0.6) is 0 Å². The van der Waals surface area contributed by atoms with Crippen LogP contribution in [0.2, 0.25) is 0 Å². The fourth-order valence-corrected chi connectivity index (χ4v) is 3.01. The Morgan fingerprint density at radius 2 is 1.65 bits per heavy atom. The standard InChI is InChI=1S/C14H28O2S/c1-5-6-7-8-9-10-11-12(13(15)16)17-14(2,3)4/h12H,5-11H2,1-4H3,(H,15,16). The van der Waals surface area contributed by atoms with E-state index in [4.69, 9.17) is 5.11 Å². The zero-order valence-corrected chi connectivity index (χ0v) is 12.6. The van der Waals surface area contributed by atoms with Gasteiger partial charge in [-0.1, -0.05) is 66.2 Å². The van der Waals surface area contributed by atoms with Gasteiger partial charge in [-0.3, -0.25) is 4.79 Å². The minimum atomic E-state index is -0.654. The molecule has 0 rings (SSSR count). The van der Waals surface area contributed by atoms with Crippen LogP contribution in [0.1, 0.15) is 72.6 Å². The van der Waals surface area contributed by atoms with Crippen LogP contribution in [0, 0.1) is 0 Å². The Hall–Kier alpha value is -0.180. The molecule has 1 N–H and O–H groups in total. The second-order valence-electron chi connectivity index (χ2n) is 5.61. The first-order valence-electron chi connectivity index (χ1n) is 6.77. The van der Waals surface area contributed by atoms with Crippen molar-refractivity contribution in [1.29, 1.82) is 0 Å². The molecule has 0 heterocycles. The van der Waals surface area contributed by atoms with Gasteiger partial charge in [-0.15, -0.1) is 11.8 Å². The van der Waals surface area contributed by atoms with Crippen molar-refractivity contribution in [2.75, 3.05) is 0 Å². The highest BCUT2D eigenvalue weighted by atomic mass is 32.2. The summed E-state index contributed by atoms with van der Waals surface area (Å²) in [5.41, 5.74) is 0. The topological polar surface area (TPSA) is 37.3 Å². The SMILES string of the molecule is CCCCCCCCC(SC(C)(C)C)C(=O)O. The fourth-order valence-electron chi connectivity index (χ4n) is 1.77. The number of thioether (sulfide) groups is 1. The molecule has 0 radical (unpaired) electrons. The molecule has 0 amide bonds. The summed E-state index contributed by atoms with van der Waals surface area (Å²) in [6.07, 6.45) is 8.14. The number of hydrogen-bond acceptors (Lipinski definition) is 2. The van der Waals surface area contributed by atoms with Gasteiger partial charge in [-0.25, -0.2) is 0 Å².